The maximum absolute atomic E-state index is 14.4. The molecule has 6 heteroatoms. The Labute approximate surface area is 164 Å². The molecular weight excluding hydrogens is 341 g/mol. The van der Waals surface area contributed by atoms with E-state index in [9.17, 15) is 4.39 Å². The van der Waals surface area contributed by atoms with Gasteiger partial charge in [0.15, 0.2) is 5.96 Å². The third-order valence-electron chi connectivity index (χ3n) is 5.40. The highest BCUT2D eigenvalue weighted by Gasteiger charge is 2.21. The maximum atomic E-state index is 14.4. The highest BCUT2D eigenvalue weighted by molar-refractivity contribution is 5.80. The zero-order valence-corrected chi connectivity index (χ0v) is 17.6. The highest BCUT2D eigenvalue weighted by atomic mass is 19.1. The van der Waals surface area contributed by atoms with E-state index in [4.69, 9.17) is 0 Å². The molecule has 0 saturated carbocycles. The summed E-state index contributed by atoms with van der Waals surface area (Å²) in [6, 6.07) is 6.52. The monoisotopic (exact) mass is 377 g/mol. The topological polar surface area (TPSA) is 42.9 Å². The molecule has 0 atom stereocenters. The number of hydrogen-bond donors (Lipinski definition) is 2. The van der Waals surface area contributed by atoms with Crippen molar-refractivity contribution in [1.82, 2.24) is 15.5 Å². The minimum absolute atomic E-state index is 0.165. The standard InChI is InChI=1S/C21H36FN5/c1-6-26(7-2)20-9-8-17(14-19(20)22)15-24-21(23-5)25-18-10-12-27(13-11-18)16(3)4/h8-9,14,16,18H,6-7,10-13,15H2,1-5H3,(H2,23,24,25). The van der Waals surface area contributed by atoms with Crippen LogP contribution in [-0.4, -0.2) is 56.2 Å². The summed E-state index contributed by atoms with van der Waals surface area (Å²) in [5.74, 6) is 0.619. The molecule has 0 unspecified atom stereocenters. The predicted octanol–water partition coefficient (Wildman–Crippen LogP) is 3.21. The van der Waals surface area contributed by atoms with Crippen LogP contribution in [0, 0.1) is 5.82 Å². The van der Waals surface area contributed by atoms with Crippen molar-refractivity contribution in [1.29, 1.82) is 0 Å². The van der Waals surface area contributed by atoms with Crippen LogP contribution in [0.15, 0.2) is 23.2 Å². The molecule has 27 heavy (non-hydrogen) atoms. The van der Waals surface area contributed by atoms with Gasteiger partial charge >= 0.3 is 0 Å². The lowest BCUT2D eigenvalue weighted by molar-refractivity contribution is 0.167. The fourth-order valence-electron chi connectivity index (χ4n) is 3.62. The van der Waals surface area contributed by atoms with Gasteiger partial charge in [0.1, 0.15) is 5.82 Å². The van der Waals surface area contributed by atoms with Crippen molar-refractivity contribution in [2.45, 2.75) is 59.2 Å². The van der Waals surface area contributed by atoms with Gasteiger partial charge in [-0.05, 0) is 58.2 Å². The van der Waals surface area contributed by atoms with E-state index in [0.29, 0.717) is 24.3 Å². The zero-order chi connectivity index (χ0) is 19.8. The van der Waals surface area contributed by atoms with E-state index in [-0.39, 0.29) is 5.82 Å². The van der Waals surface area contributed by atoms with E-state index < -0.39 is 0 Å². The Morgan fingerprint density at radius 2 is 1.93 bits per heavy atom. The van der Waals surface area contributed by atoms with Gasteiger partial charge in [0.2, 0.25) is 0 Å². The van der Waals surface area contributed by atoms with E-state index >= 15 is 0 Å². The van der Waals surface area contributed by atoms with Crippen molar-refractivity contribution in [2.24, 2.45) is 4.99 Å². The van der Waals surface area contributed by atoms with E-state index in [0.717, 1.165) is 50.5 Å². The lowest BCUT2D eigenvalue weighted by Crippen LogP contribution is -2.49. The lowest BCUT2D eigenvalue weighted by Gasteiger charge is -2.35. The SMILES string of the molecule is CCN(CC)c1ccc(CNC(=NC)NC2CCN(C(C)C)CC2)cc1F. The van der Waals surface area contributed by atoms with Crippen LogP contribution in [0.1, 0.15) is 46.1 Å². The van der Waals surface area contributed by atoms with Gasteiger partial charge in [-0.3, -0.25) is 4.99 Å². The molecule has 1 heterocycles. The molecule has 2 rings (SSSR count). The Morgan fingerprint density at radius 1 is 1.26 bits per heavy atom. The Hall–Kier alpha value is -1.82. The van der Waals surface area contributed by atoms with Crippen LogP contribution in [0.4, 0.5) is 10.1 Å². The normalized spacial score (nSPS) is 16.6. The summed E-state index contributed by atoms with van der Waals surface area (Å²) >= 11 is 0. The summed E-state index contributed by atoms with van der Waals surface area (Å²) in [5, 5.41) is 6.82. The molecular formula is C21H36FN5. The number of anilines is 1. The quantitative estimate of drug-likeness (QED) is 0.566. The molecule has 1 aliphatic heterocycles. The molecule has 1 aliphatic rings. The number of benzene rings is 1. The predicted molar refractivity (Wildman–Crippen MR) is 113 cm³/mol. The Balaban J connectivity index is 1.86. The van der Waals surface area contributed by atoms with E-state index in [1.54, 1.807) is 13.1 Å². The number of aliphatic imine (C=N–C) groups is 1. The van der Waals surface area contributed by atoms with Crippen LogP contribution >= 0.6 is 0 Å². The van der Waals surface area contributed by atoms with Gasteiger partial charge in [0, 0.05) is 51.9 Å². The first-order valence-corrected chi connectivity index (χ1v) is 10.2. The third kappa shape index (κ3) is 6.09. The summed E-state index contributed by atoms with van der Waals surface area (Å²) in [6.45, 7) is 13.0. The van der Waals surface area contributed by atoms with Crippen molar-refractivity contribution in [3.8, 4) is 0 Å². The minimum Gasteiger partial charge on any atom is -0.370 e. The smallest absolute Gasteiger partial charge is 0.191 e. The van der Waals surface area contributed by atoms with Crippen LogP contribution < -0.4 is 15.5 Å². The number of guanidine groups is 1. The van der Waals surface area contributed by atoms with Gasteiger partial charge in [-0.25, -0.2) is 4.39 Å². The number of likely N-dealkylation sites (tertiary alicyclic amines) is 1. The lowest BCUT2D eigenvalue weighted by atomic mass is 10.0. The Bertz CT molecular complexity index is 605. The van der Waals surface area contributed by atoms with Crippen LogP contribution in [-0.2, 0) is 6.54 Å². The molecule has 2 N–H and O–H groups in total. The molecule has 0 bridgehead atoms. The molecule has 1 fully saturated rings. The molecule has 1 saturated heterocycles. The summed E-state index contributed by atoms with van der Waals surface area (Å²) in [5.41, 5.74) is 1.59. The summed E-state index contributed by atoms with van der Waals surface area (Å²) in [7, 11) is 1.78. The second-order valence-electron chi connectivity index (χ2n) is 7.43. The van der Waals surface area contributed by atoms with Gasteiger partial charge in [0.05, 0.1) is 5.69 Å². The van der Waals surface area contributed by atoms with Gasteiger partial charge in [0.25, 0.3) is 0 Å². The number of piperidine rings is 1. The van der Waals surface area contributed by atoms with Crippen molar-refractivity contribution in [2.75, 3.05) is 38.1 Å². The summed E-state index contributed by atoms with van der Waals surface area (Å²) < 4.78 is 14.4. The van der Waals surface area contributed by atoms with E-state index in [1.807, 2.05) is 30.9 Å². The number of nitrogens with one attached hydrogen (secondary N) is 2. The van der Waals surface area contributed by atoms with Crippen molar-refractivity contribution in [3.63, 3.8) is 0 Å². The second-order valence-corrected chi connectivity index (χ2v) is 7.43. The highest BCUT2D eigenvalue weighted by Crippen LogP contribution is 2.20. The molecule has 0 spiro atoms. The molecule has 0 amide bonds. The second kappa shape index (κ2) is 10.5. The summed E-state index contributed by atoms with van der Waals surface area (Å²) in [4.78, 5) is 8.86. The first kappa shape index (κ1) is 21.5. The molecule has 152 valence electrons. The number of halogens is 1. The first-order chi connectivity index (χ1) is 13.0. The molecule has 0 aromatic heterocycles. The average molecular weight is 378 g/mol. The zero-order valence-electron chi connectivity index (χ0n) is 17.6. The third-order valence-corrected chi connectivity index (χ3v) is 5.40. The minimum atomic E-state index is -0.165. The van der Waals surface area contributed by atoms with Crippen molar-refractivity contribution >= 4 is 11.6 Å². The van der Waals surface area contributed by atoms with Crippen molar-refractivity contribution < 1.29 is 4.39 Å². The van der Waals surface area contributed by atoms with E-state index in [1.165, 1.54) is 0 Å². The average Bonchev–Trinajstić information content (AvgIpc) is 2.67. The summed E-state index contributed by atoms with van der Waals surface area (Å²) in [6.07, 6.45) is 2.23. The number of rotatable bonds is 7. The molecule has 0 radical (unpaired) electrons. The molecule has 5 nitrogen and oxygen atoms in total. The first-order valence-electron chi connectivity index (χ1n) is 10.2. The van der Waals surface area contributed by atoms with Crippen LogP contribution in [0.25, 0.3) is 0 Å². The molecule has 0 aliphatic carbocycles. The Morgan fingerprint density at radius 3 is 2.44 bits per heavy atom. The van der Waals surface area contributed by atoms with Gasteiger partial charge < -0.3 is 20.4 Å². The van der Waals surface area contributed by atoms with Gasteiger partial charge in [-0.2, -0.15) is 0 Å². The van der Waals surface area contributed by atoms with Crippen molar-refractivity contribution in [3.05, 3.63) is 29.6 Å². The van der Waals surface area contributed by atoms with Crippen LogP contribution in [0.2, 0.25) is 0 Å². The number of hydrogen-bond acceptors (Lipinski definition) is 3. The van der Waals surface area contributed by atoms with Gasteiger partial charge in [-0.15, -0.1) is 0 Å². The molecule has 1 aromatic rings. The molecule has 1 aromatic carbocycles. The maximum Gasteiger partial charge on any atom is 0.191 e. The van der Waals surface area contributed by atoms with E-state index in [2.05, 4.69) is 34.4 Å². The van der Waals surface area contributed by atoms with Gasteiger partial charge in [-0.1, -0.05) is 6.07 Å². The number of nitrogens with zero attached hydrogens (tertiary/aromatic N) is 3. The van der Waals surface area contributed by atoms with Crippen LogP contribution in [0.3, 0.4) is 0 Å². The fourth-order valence-corrected chi connectivity index (χ4v) is 3.62. The fraction of sp³-hybridized carbons (Fsp3) is 0.667. The largest absolute Gasteiger partial charge is 0.370 e. The Kier molecular flexibility index (Phi) is 8.35. The van der Waals surface area contributed by atoms with Crippen LogP contribution in [0.5, 0.6) is 0 Å².